The van der Waals surface area contributed by atoms with E-state index in [2.05, 4.69) is 75.7 Å². The van der Waals surface area contributed by atoms with Crippen LogP contribution >= 0.6 is 0 Å². The molecular weight excluding hydrogens is 396 g/mol. The largest absolute Gasteiger partial charge is 0.468 e. The second-order valence-electron chi connectivity index (χ2n) is 8.46. The van der Waals surface area contributed by atoms with E-state index in [-0.39, 0.29) is 6.04 Å². The van der Waals surface area contributed by atoms with Gasteiger partial charge in [-0.1, -0.05) is 60.7 Å². The van der Waals surface area contributed by atoms with Crippen molar-refractivity contribution < 1.29 is 4.42 Å². The summed E-state index contributed by atoms with van der Waals surface area (Å²) in [5.41, 5.74) is 4.66. The molecule has 32 heavy (non-hydrogen) atoms. The molecule has 1 atom stereocenters. The van der Waals surface area contributed by atoms with E-state index < -0.39 is 0 Å². The van der Waals surface area contributed by atoms with E-state index in [4.69, 9.17) is 9.52 Å². The third kappa shape index (κ3) is 4.85. The highest BCUT2D eigenvalue weighted by molar-refractivity contribution is 5.62. The van der Waals surface area contributed by atoms with Crippen LogP contribution in [0.2, 0.25) is 0 Å². The predicted molar refractivity (Wildman–Crippen MR) is 127 cm³/mol. The van der Waals surface area contributed by atoms with Crippen LogP contribution in [0.3, 0.4) is 0 Å². The molecule has 1 saturated heterocycles. The van der Waals surface area contributed by atoms with Gasteiger partial charge in [-0.2, -0.15) is 5.10 Å². The third-order valence-corrected chi connectivity index (χ3v) is 6.18. The highest BCUT2D eigenvalue weighted by Gasteiger charge is 2.25. The number of likely N-dealkylation sites (tertiary alicyclic amines) is 1. The first-order valence-electron chi connectivity index (χ1n) is 11.5. The standard InChI is InChI=1S/C27H30N4O/c1-3-10-22(11-4-1)20-31-21-24(27(29-31)23-12-5-2-6-13-23)18-28-19-25(26-14-9-17-32-26)30-15-7-8-16-30/h1-6,9-14,17,21,25,28H,7-8,15-16,18-20H2. The van der Waals surface area contributed by atoms with Crippen molar-refractivity contribution in [2.45, 2.75) is 32.0 Å². The molecule has 0 aliphatic carbocycles. The molecule has 4 aromatic rings. The highest BCUT2D eigenvalue weighted by atomic mass is 16.3. The summed E-state index contributed by atoms with van der Waals surface area (Å²) in [6.45, 7) is 4.66. The molecule has 2 aromatic heterocycles. The first-order valence-corrected chi connectivity index (χ1v) is 11.5. The fraction of sp³-hybridized carbons (Fsp3) is 0.296. The minimum absolute atomic E-state index is 0.270. The average molecular weight is 427 g/mol. The first-order chi connectivity index (χ1) is 15.9. The van der Waals surface area contributed by atoms with Crippen LogP contribution in [0, 0.1) is 0 Å². The van der Waals surface area contributed by atoms with Crippen molar-refractivity contribution in [1.29, 1.82) is 0 Å². The Hall–Kier alpha value is -3.15. The molecule has 0 bridgehead atoms. The number of furan rings is 1. The average Bonchev–Trinajstić information content (AvgIpc) is 3.61. The molecular formula is C27H30N4O. The van der Waals surface area contributed by atoms with E-state index in [0.29, 0.717) is 0 Å². The summed E-state index contributed by atoms with van der Waals surface area (Å²) in [7, 11) is 0. The predicted octanol–water partition coefficient (Wildman–Crippen LogP) is 5.12. The van der Waals surface area contributed by atoms with Crippen molar-refractivity contribution in [3.05, 3.63) is 102 Å². The van der Waals surface area contributed by atoms with Gasteiger partial charge in [-0.15, -0.1) is 0 Å². The maximum absolute atomic E-state index is 5.78. The summed E-state index contributed by atoms with van der Waals surface area (Å²) in [5, 5.41) is 8.65. The Labute approximate surface area is 189 Å². The summed E-state index contributed by atoms with van der Waals surface area (Å²) >= 11 is 0. The SMILES string of the molecule is c1ccc(Cn2cc(CNCC(c3ccco3)N3CCCC3)c(-c3ccccc3)n2)cc1. The van der Waals surface area contributed by atoms with Crippen LogP contribution < -0.4 is 5.32 Å². The van der Waals surface area contributed by atoms with Crippen molar-refractivity contribution in [3.8, 4) is 11.3 Å². The lowest BCUT2D eigenvalue weighted by Crippen LogP contribution is -2.33. The molecule has 1 aliphatic heterocycles. The van der Waals surface area contributed by atoms with Gasteiger partial charge in [0.15, 0.2) is 0 Å². The molecule has 5 heteroatoms. The fourth-order valence-corrected chi connectivity index (χ4v) is 4.57. The minimum Gasteiger partial charge on any atom is -0.468 e. The van der Waals surface area contributed by atoms with Gasteiger partial charge in [0.25, 0.3) is 0 Å². The number of nitrogens with zero attached hydrogens (tertiary/aromatic N) is 3. The molecule has 1 fully saturated rings. The highest BCUT2D eigenvalue weighted by Crippen LogP contribution is 2.26. The van der Waals surface area contributed by atoms with Crippen LogP contribution in [0.25, 0.3) is 11.3 Å². The summed E-state index contributed by atoms with van der Waals surface area (Å²) < 4.78 is 7.83. The van der Waals surface area contributed by atoms with E-state index in [9.17, 15) is 0 Å². The van der Waals surface area contributed by atoms with Gasteiger partial charge in [0.05, 0.1) is 24.5 Å². The van der Waals surface area contributed by atoms with Gasteiger partial charge in [-0.05, 0) is 43.6 Å². The van der Waals surface area contributed by atoms with Gasteiger partial charge in [0.1, 0.15) is 5.76 Å². The number of hydrogen-bond acceptors (Lipinski definition) is 4. The van der Waals surface area contributed by atoms with E-state index >= 15 is 0 Å². The Kier molecular flexibility index (Phi) is 6.47. The maximum Gasteiger partial charge on any atom is 0.122 e. The number of rotatable bonds is 9. The van der Waals surface area contributed by atoms with E-state index in [1.165, 1.54) is 24.0 Å². The van der Waals surface area contributed by atoms with Crippen molar-refractivity contribution in [1.82, 2.24) is 20.0 Å². The van der Waals surface area contributed by atoms with Crippen LogP contribution in [-0.4, -0.2) is 34.3 Å². The Bertz CT molecular complexity index is 1080. The zero-order chi connectivity index (χ0) is 21.6. The van der Waals surface area contributed by atoms with E-state index in [1.54, 1.807) is 6.26 Å². The van der Waals surface area contributed by atoms with Crippen molar-refractivity contribution in [2.75, 3.05) is 19.6 Å². The van der Waals surface area contributed by atoms with Gasteiger partial charge in [-0.3, -0.25) is 9.58 Å². The van der Waals surface area contributed by atoms with Crippen molar-refractivity contribution in [2.24, 2.45) is 0 Å². The van der Waals surface area contributed by atoms with Gasteiger partial charge >= 0.3 is 0 Å². The number of aromatic nitrogens is 2. The van der Waals surface area contributed by atoms with Crippen LogP contribution in [-0.2, 0) is 13.1 Å². The van der Waals surface area contributed by atoms with Gasteiger partial charge in [0.2, 0.25) is 0 Å². The topological polar surface area (TPSA) is 46.2 Å². The molecule has 0 amide bonds. The van der Waals surface area contributed by atoms with Gasteiger partial charge in [0, 0.05) is 30.4 Å². The monoisotopic (exact) mass is 426 g/mol. The number of nitrogens with one attached hydrogen (secondary N) is 1. The first kappa shape index (κ1) is 20.7. The van der Waals surface area contributed by atoms with Gasteiger partial charge in [-0.25, -0.2) is 0 Å². The lowest BCUT2D eigenvalue weighted by atomic mass is 10.1. The zero-order valence-corrected chi connectivity index (χ0v) is 18.4. The zero-order valence-electron chi connectivity index (χ0n) is 18.4. The summed E-state index contributed by atoms with van der Waals surface area (Å²) in [6.07, 6.45) is 6.49. The third-order valence-electron chi connectivity index (χ3n) is 6.18. The van der Waals surface area contributed by atoms with Crippen LogP contribution in [0.5, 0.6) is 0 Å². The summed E-state index contributed by atoms with van der Waals surface area (Å²) in [5.74, 6) is 1.04. The second-order valence-corrected chi connectivity index (χ2v) is 8.46. The molecule has 5 rings (SSSR count). The normalized spacial score (nSPS) is 15.2. The molecule has 1 N–H and O–H groups in total. The smallest absolute Gasteiger partial charge is 0.122 e. The van der Waals surface area contributed by atoms with E-state index in [0.717, 1.165) is 49.7 Å². The Morgan fingerprint density at radius 3 is 2.38 bits per heavy atom. The summed E-state index contributed by atoms with van der Waals surface area (Å²) in [6, 6.07) is 25.3. The van der Waals surface area contributed by atoms with Crippen molar-refractivity contribution >= 4 is 0 Å². The van der Waals surface area contributed by atoms with Crippen LogP contribution in [0.1, 0.15) is 35.8 Å². The van der Waals surface area contributed by atoms with Crippen LogP contribution in [0.4, 0.5) is 0 Å². The van der Waals surface area contributed by atoms with Gasteiger partial charge < -0.3 is 9.73 Å². The number of benzene rings is 2. The lowest BCUT2D eigenvalue weighted by molar-refractivity contribution is 0.209. The quantitative estimate of drug-likeness (QED) is 0.404. The molecule has 0 spiro atoms. The lowest BCUT2D eigenvalue weighted by Gasteiger charge is -2.26. The molecule has 164 valence electrons. The molecule has 1 unspecified atom stereocenters. The summed E-state index contributed by atoms with van der Waals surface area (Å²) in [4.78, 5) is 2.53. The molecule has 1 aliphatic rings. The molecule has 5 nitrogen and oxygen atoms in total. The van der Waals surface area contributed by atoms with Crippen LogP contribution in [0.15, 0.2) is 89.7 Å². The minimum atomic E-state index is 0.270. The van der Waals surface area contributed by atoms with Crippen molar-refractivity contribution in [3.63, 3.8) is 0 Å². The van der Waals surface area contributed by atoms with E-state index in [1.807, 2.05) is 18.2 Å². The Morgan fingerprint density at radius 1 is 0.906 bits per heavy atom. The molecule has 3 heterocycles. The second kappa shape index (κ2) is 9.98. The molecule has 2 aromatic carbocycles. The Morgan fingerprint density at radius 2 is 1.66 bits per heavy atom. The maximum atomic E-state index is 5.78. The Balaban J connectivity index is 1.33. The number of hydrogen-bond donors (Lipinski definition) is 1. The fourth-order valence-electron chi connectivity index (χ4n) is 4.57. The molecule has 0 radical (unpaired) electrons. The molecule has 0 saturated carbocycles.